The second-order valence-electron chi connectivity index (χ2n) is 5.79. The Hall–Kier alpha value is -2.81. The first-order valence-electron chi connectivity index (χ1n) is 7.68. The first-order chi connectivity index (χ1) is 12.1. The molecule has 0 unspecified atom stereocenters. The van der Waals surface area contributed by atoms with Crippen molar-refractivity contribution in [2.24, 2.45) is 0 Å². The summed E-state index contributed by atoms with van der Waals surface area (Å²) in [5.74, 6) is 0.259. The van der Waals surface area contributed by atoms with Crippen molar-refractivity contribution < 1.29 is 27.2 Å². The minimum absolute atomic E-state index is 0.135. The molecule has 1 N–H and O–H groups in total. The van der Waals surface area contributed by atoms with Crippen molar-refractivity contribution >= 4 is 27.6 Å². The SMILES string of the molecule is Cc1ccc(CN(C)C(=O)COC(=O)c2cccc(NS(C)(=O)=O)c2)o1. The van der Waals surface area contributed by atoms with Gasteiger partial charge in [0.25, 0.3) is 5.91 Å². The third-order valence-corrected chi connectivity index (χ3v) is 3.95. The predicted molar refractivity (Wildman–Crippen MR) is 95.1 cm³/mol. The van der Waals surface area contributed by atoms with Gasteiger partial charge in [0.1, 0.15) is 11.5 Å². The topological polar surface area (TPSA) is 106 Å². The Kier molecular flexibility index (Phi) is 6.04. The summed E-state index contributed by atoms with van der Waals surface area (Å²) in [7, 11) is -1.88. The summed E-state index contributed by atoms with van der Waals surface area (Å²) in [4.78, 5) is 25.5. The van der Waals surface area contributed by atoms with Gasteiger partial charge in [0.15, 0.2) is 6.61 Å². The molecule has 0 saturated heterocycles. The van der Waals surface area contributed by atoms with Gasteiger partial charge in [0.05, 0.1) is 18.4 Å². The third kappa shape index (κ3) is 5.92. The summed E-state index contributed by atoms with van der Waals surface area (Å²) >= 11 is 0. The molecule has 0 atom stereocenters. The lowest BCUT2D eigenvalue weighted by molar-refractivity contribution is -0.134. The van der Waals surface area contributed by atoms with Crippen molar-refractivity contribution in [2.75, 3.05) is 24.6 Å². The van der Waals surface area contributed by atoms with E-state index in [1.165, 1.54) is 29.2 Å². The number of furan rings is 1. The summed E-state index contributed by atoms with van der Waals surface area (Å²) in [6.45, 7) is 1.64. The second kappa shape index (κ2) is 8.05. The molecule has 26 heavy (non-hydrogen) atoms. The van der Waals surface area contributed by atoms with E-state index in [9.17, 15) is 18.0 Å². The maximum atomic E-state index is 12.1. The molecular formula is C17H20N2O6S. The van der Waals surface area contributed by atoms with Crippen LogP contribution in [0.15, 0.2) is 40.8 Å². The Morgan fingerprint density at radius 2 is 1.96 bits per heavy atom. The number of ether oxygens (including phenoxy) is 1. The molecule has 0 saturated carbocycles. The lowest BCUT2D eigenvalue weighted by Crippen LogP contribution is -2.30. The maximum Gasteiger partial charge on any atom is 0.338 e. The fourth-order valence-electron chi connectivity index (χ4n) is 2.14. The second-order valence-corrected chi connectivity index (χ2v) is 7.54. The molecule has 0 spiro atoms. The number of aryl methyl sites for hydroxylation is 1. The summed E-state index contributed by atoms with van der Waals surface area (Å²) < 4.78 is 35.1. The van der Waals surface area contributed by atoms with Crippen molar-refractivity contribution in [3.05, 3.63) is 53.5 Å². The number of carbonyl (C=O) groups is 2. The van der Waals surface area contributed by atoms with Gasteiger partial charge in [-0.05, 0) is 37.3 Å². The average Bonchev–Trinajstić information content (AvgIpc) is 2.95. The molecule has 0 radical (unpaired) electrons. The van der Waals surface area contributed by atoms with E-state index in [2.05, 4.69) is 4.72 Å². The van der Waals surface area contributed by atoms with E-state index in [0.29, 0.717) is 5.76 Å². The molecule has 0 bridgehead atoms. The fourth-order valence-corrected chi connectivity index (χ4v) is 2.69. The number of nitrogens with one attached hydrogen (secondary N) is 1. The first-order valence-corrected chi connectivity index (χ1v) is 9.57. The number of esters is 1. The van der Waals surface area contributed by atoms with Gasteiger partial charge in [-0.25, -0.2) is 13.2 Å². The number of benzene rings is 1. The summed E-state index contributed by atoms with van der Waals surface area (Å²) in [5, 5.41) is 0. The lowest BCUT2D eigenvalue weighted by atomic mass is 10.2. The van der Waals surface area contributed by atoms with Crippen LogP contribution < -0.4 is 4.72 Å². The van der Waals surface area contributed by atoms with Crippen LogP contribution in [0.25, 0.3) is 0 Å². The van der Waals surface area contributed by atoms with Gasteiger partial charge in [0.2, 0.25) is 10.0 Å². The van der Waals surface area contributed by atoms with E-state index in [1.54, 1.807) is 26.1 Å². The number of nitrogens with zero attached hydrogens (tertiary/aromatic N) is 1. The van der Waals surface area contributed by atoms with E-state index >= 15 is 0 Å². The Balaban J connectivity index is 1.91. The monoisotopic (exact) mass is 380 g/mol. The molecule has 1 aromatic carbocycles. The van der Waals surface area contributed by atoms with E-state index in [1.807, 2.05) is 0 Å². The molecule has 8 nitrogen and oxygen atoms in total. The summed E-state index contributed by atoms with van der Waals surface area (Å²) in [5.41, 5.74) is 0.370. The molecule has 0 aliphatic rings. The van der Waals surface area contributed by atoms with Gasteiger partial charge in [-0.1, -0.05) is 6.07 Å². The van der Waals surface area contributed by atoms with Crippen LogP contribution in [0.3, 0.4) is 0 Å². The Morgan fingerprint density at radius 3 is 2.58 bits per heavy atom. The highest BCUT2D eigenvalue weighted by atomic mass is 32.2. The van der Waals surface area contributed by atoms with Crippen molar-refractivity contribution in [2.45, 2.75) is 13.5 Å². The van der Waals surface area contributed by atoms with Crippen LogP contribution in [0.4, 0.5) is 5.69 Å². The van der Waals surface area contributed by atoms with Crippen LogP contribution in [0.2, 0.25) is 0 Å². The quantitative estimate of drug-likeness (QED) is 0.734. The first kappa shape index (κ1) is 19.5. The zero-order valence-corrected chi connectivity index (χ0v) is 15.5. The van der Waals surface area contributed by atoms with Crippen LogP contribution in [-0.2, 0) is 26.1 Å². The van der Waals surface area contributed by atoms with Crippen molar-refractivity contribution in [1.29, 1.82) is 0 Å². The van der Waals surface area contributed by atoms with Crippen LogP contribution in [-0.4, -0.2) is 45.1 Å². The normalized spacial score (nSPS) is 11.0. The molecule has 1 amide bonds. The minimum Gasteiger partial charge on any atom is -0.464 e. The molecule has 9 heteroatoms. The van der Waals surface area contributed by atoms with Gasteiger partial charge in [-0.15, -0.1) is 0 Å². The van der Waals surface area contributed by atoms with E-state index in [0.717, 1.165) is 12.0 Å². The summed E-state index contributed by atoms with van der Waals surface area (Å²) in [6, 6.07) is 9.38. The molecule has 140 valence electrons. The highest BCUT2D eigenvalue weighted by molar-refractivity contribution is 7.92. The van der Waals surface area contributed by atoms with Crippen molar-refractivity contribution in [3.8, 4) is 0 Å². The molecule has 2 rings (SSSR count). The maximum absolute atomic E-state index is 12.1. The van der Waals surface area contributed by atoms with E-state index in [-0.39, 0.29) is 17.8 Å². The number of likely N-dealkylation sites (N-methyl/N-ethyl adjacent to an activating group) is 1. The zero-order chi connectivity index (χ0) is 19.3. The highest BCUT2D eigenvalue weighted by Gasteiger charge is 2.15. The van der Waals surface area contributed by atoms with Crippen LogP contribution >= 0.6 is 0 Å². The van der Waals surface area contributed by atoms with Crippen LogP contribution in [0, 0.1) is 6.92 Å². The van der Waals surface area contributed by atoms with Gasteiger partial charge < -0.3 is 14.1 Å². The number of hydrogen-bond donors (Lipinski definition) is 1. The Bertz CT molecular complexity index is 903. The van der Waals surface area contributed by atoms with Crippen molar-refractivity contribution in [1.82, 2.24) is 4.90 Å². The molecule has 2 aromatic rings. The number of hydrogen-bond acceptors (Lipinski definition) is 6. The molecule has 0 aliphatic heterocycles. The molecule has 1 aromatic heterocycles. The fraction of sp³-hybridized carbons (Fsp3) is 0.294. The number of rotatable bonds is 7. The average molecular weight is 380 g/mol. The highest BCUT2D eigenvalue weighted by Crippen LogP contribution is 2.13. The number of anilines is 1. The van der Waals surface area contributed by atoms with Crippen molar-refractivity contribution in [3.63, 3.8) is 0 Å². The van der Waals surface area contributed by atoms with Crippen LogP contribution in [0.5, 0.6) is 0 Å². The third-order valence-electron chi connectivity index (χ3n) is 3.34. The Morgan fingerprint density at radius 1 is 1.23 bits per heavy atom. The molecule has 1 heterocycles. The summed E-state index contributed by atoms with van der Waals surface area (Å²) in [6.07, 6.45) is 1.01. The smallest absolute Gasteiger partial charge is 0.338 e. The van der Waals surface area contributed by atoms with Gasteiger partial charge in [-0.2, -0.15) is 0 Å². The largest absolute Gasteiger partial charge is 0.464 e. The number of carbonyl (C=O) groups excluding carboxylic acids is 2. The van der Waals surface area contributed by atoms with Crippen LogP contribution in [0.1, 0.15) is 21.9 Å². The predicted octanol–water partition coefficient (Wildman–Crippen LogP) is 1.77. The standard InChI is InChI=1S/C17H20N2O6S/c1-12-7-8-15(25-12)10-19(2)16(20)11-24-17(21)13-5-4-6-14(9-13)18-26(3,22)23/h4-9,18H,10-11H2,1-3H3. The number of amides is 1. The number of sulfonamides is 1. The molecule has 0 aliphatic carbocycles. The zero-order valence-electron chi connectivity index (χ0n) is 14.7. The minimum atomic E-state index is -3.46. The van der Waals surface area contributed by atoms with Gasteiger partial charge >= 0.3 is 5.97 Å². The van der Waals surface area contributed by atoms with Gasteiger partial charge in [-0.3, -0.25) is 9.52 Å². The van der Waals surface area contributed by atoms with E-state index in [4.69, 9.17) is 9.15 Å². The Labute approximate surface area is 151 Å². The van der Waals surface area contributed by atoms with Gasteiger partial charge in [0, 0.05) is 12.7 Å². The lowest BCUT2D eigenvalue weighted by Gasteiger charge is -2.15. The molecular weight excluding hydrogens is 360 g/mol. The molecule has 0 fully saturated rings. The van der Waals surface area contributed by atoms with E-state index < -0.39 is 28.5 Å².